The van der Waals surface area contributed by atoms with Gasteiger partial charge in [-0.05, 0) is 18.1 Å². The van der Waals surface area contributed by atoms with Crippen molar-refractivity contribution < 1.29 is 7.59 Å². The van der Waals surface area contributed by atoms with Crippen LogP contribution >= 0.6 is 0 Å². The third-order valence-corrected chi connectivity index (χ3v) is 4.13. The molecule has 0 aliphatic carbocycles. The van der Waals surface area contributed by atoms with Crippen molar-refractivity contribution >= 4 is 11.5 Å². The lowest BCUT2D eigenvalue weighted by Gasteiger charge is -2.17. The van der Waals surface area contributed by atoms with Crippen LogP contribution in [0.3, 0.4) is 0 Å². The van der Waals surface area contributed by atoms with E-state index in [9.17, 15) is 0 Å². The standard InChI is InChI=1S/C19H18N6O.2H2/c1-2-15(13-7-4-3-5-8-13)26-16-11-14(22-12-23-16)17-18(20)24-25-10-6-9-21-19(17)25;;/h3-12,15H,2H2,1H3,(H2,20,24);2*1H. The molecular weight excluding hydrogens is 328 g/mol. The Balaban J connectivity index is 0.00000140. The minimum absolute atomic E-state index is 0. The molecule has 7 nitrogen and oxygen atoms in total. The van der Waals surface area contributed by atoms with E-state index in [-0.39, 0.29) is 8.96 Å². The van der Waals surface area contributed by atoms with Crippen LogP contribution in [-0.4, -0.2) is 24.6 Å². The van der Waals surface area contributed by atoms with Gasteiger partial charge in [0.2, 0.25) is 5.88 Å². The number of hydrogen-bond donors (Lipinski definition) is 1. The van der Waals surface area contributed by atoms with Crippen LogP contribution < -0.4 is 10.5 Å². The highest BCUT2D eigenvalue weighted by Gasteiger charge is 2.17. The first kappa shape index (κ1) is 16.0. The van der Waals surface area contributed by atoms with Crippen LogP contribution in [0.4, 0.5) is 5.82 Å². The maximum atomic E-state index is 6.10. The molecule has 0 aliphatic rings. The quantitative estimate of drug-likeness (QED) is 0.589. The van der Waals surface area contributed by atoms with Crippen molar-refractivity contribution in [2.24, 2.45) is 0 Å². The van der Waals surface area contributed by atoms with Gasteiger partial charge in [0.1, 0.15) is 12.4 Å². The van der Waals surface area contributed by atoms with E-state index >= 15 is 0 Å². The number of fused-ring (bicyclic) bond motifs is 1. The molecule has 0 aliphatic heterocycles. The van der Waals surface area contributed by atoms with Gasteiger partial charge in [0.05, 0.1) is 11.3 Å². The van der Waals surface area contributed by atoms with E-state index < -0.39 is 0 Å². The van der Waals surface area contributed by atoms with Crippen molar-refractivity contribution in [1.82, 2.24) is 24.6 Å². The van der Waals surface area contributed by atoms with Gasteiger partial charge in [-0.15, -0.1) is 5.10 Å². The highest BCUT2D eigenvalue weighted by Crippen LogP contribution is 2.30. The van der Waals surface area contributed by atoms with E-state index in [2.05, 4.69) is 27.0 Å². The Morgan fingerprint density at radius 2 is 2.00 bits per heavy atom. The second kappa shape index (κ2) is 6.79. The molecule has 1 atom stereocenters. The molecule has 0 saturated carbocycles. The number of nitrogens with two attached hydrogens (primary N) is 1. The summed E-state index contributed by atoms with van der Waals surface area (Å²) < 4.78 is 7.73. The molecule has 4 rings (SSSR count). The van der Waals surface area contributed by atoms with Crippen molar-refractivity contribution in [2.45, 2.75) is 19.4 Å². The van der Waals surface area contributed by atoms with Gasteiger partial charge in [0.25, 0.3) is 0 Å². The van der Waals surface area contributed by atoms with Gasteiger partial charge in [-0.3, -0.25) is 0 Å². The van der Waals surface area contributed by atoms with Crippen LogP contribution in [0.1, 0.15) is 27.9 Å². The van der Waals surface area contributed by atoms with E-state index in [1.165, 1.54) is 6.33 Å². The number of hydrogen-bond acceptors (Lipinski definition) is 6. The summed E-state index contributed by atoms with van der Waals surface area (Å²) in [7, 11) is 0. The number of nitrogens with zero attached hydrogens (tertiary/aromatic N) is 5. The number of nitrogen functional groups attached to an aromatic ring is 1. The first-order chi connectivity index (χ1) is 12.8. The third-order valence-electron chi connectivity index (χ3n) is 4.13. The monoisotopic (exact) mass is 350 g/mol. The highest BCUT2D eigenvalue weighted by atomic mass is 16.5. The number of ether oxygens (including phenoxy) is 1. The Kier molecular flexibility index (Phi) is 4.18. The van der Waals surface area contributed by atoms with Crippen molar-refractivity contribution in [3.8, 4) is 17.1 Å². The van der Waals surface area contributed by atoms with Crippen molar-refractivity contribution in [2.75, 3.05) is 5.73 Å². The number of aromatic nitrogens is 5. The molecule has 2 N–H and O–H groups in total. The molecule has 0 bridgehead atoms. The molecule has 26 heavy (non-hydrogen) atoms. The van der Waals surface area contributed by atoms with Crippen molar-refractivity contribution in [3.05, 3.63) is 66.7 Å². The normalized spacial score (nSPS) is 12.2. The van der Waals surface area contributed by atoms with E-state index in [4.69, 9.17) is 10.5 Å². The molecule has 7 heteroatoms. The van der Waals surface area contributed by atoms with E-state index in [0.29, 0.717) is 28.6 Å². The van der Waals surface area contributed by atoms with Gasteiger partial charge in [-0.2, -0.15) is 0 Å². The van der Waals surface area contributed by atoms with Gasteiger partial charge in [0.15, 0.2) is 11.5 Å². The third kappa shape index (κ3) is 2.95. The van der Waals surface area contributed by atoms with Gasteiger partial charge >= 0.3 is 0 Å². The predicted octanol–water partition coefficient (Wildman–Crippen LogP) is 3.79. The summed E-state index contributed by atoms with van der Waals surface area (Å²) in [6, 6.07) is 13.6. The summed E-state index contributed by atoms with van der Waals surface area (Å²) in [5.41, 5.74) is 9.13. The summed E-state index contributed by atoms with van der Waals surface area (Å²) in [4.78, 5) is 12.9. The fourth-order valence-electron chi connectivity index (χ4n) is 2.89. The maximum Gasteiger partial charge on any atom is 0.217 e. The molecule has 4 aromatic rings. The fraction of sp³-hybridized carbons (Fsp3) is 0.158. The van der Waals surface area contributed by atoms with Crippen LogP contribution in [0.5, 0.6) is 5.88 Å². The Morgan fingerprint density at radius 3 is 2.81 bits per heavy atom. The lowest BCUT2D eigenvalue weighted by Crippen LogP contribution is -2.07. The number of benzene rings is 1. The van der Waals surface area contributed by atoms with Gasteiger partial charge in [-0.1, -0.05) is 37.3 Å². The smallest absolute Gasteiger partial charge is 0.217 e. The topological polar surface area (TPSA) is 91.2 Å². The molecule has 0 spiro atoms. The van der Waals surface area contributed by atoms with Crippen molar-refractivity contribution in [1.29, 1.82) is 0 Å². The first-order valence-corrected chi connectivity index (χ1v) is 8.39. The van der Waals surface area contributed by atoms with Crippen molar-refractivity contribution in [3.63, 3.8) is 0 Å². The second-order valence-electron chi connectivity index (χ2n) is 5.82. The lowest BCUT2D eigenvalue weighted by molar-refractivity contribution is 0.192. The number of rotatable bonds is 5. The Bertz CT molecular complexity index is 1040. The van der Waals surface area contributed by atoms with Crippen LogP contribution in [0.15, 0.2) is 61.2 Å². The summed E-state index contributed by atoms with van der Waals surface area (Å²) in [6.45, 7) is 2.08. The fourth-order valence-corrected chi connectivity index (χ4v) is 2.89. The molecule has 1 aromatic carbocycles. The lowest BCUT2D eigenvalue weighted by atomic mass is 10.1. The summed E-state index contributed by atoms with van der Waals surface area (Å²) in [6.07, 6.45) is 5.70. The molecule has 0 fully saturated rings. The first-order valence-electron chi connectivity index (χ1n) is 8.39. The molecule has 3 aromatic heterocycles. The Morgan fingerprint density at radius 1 is 1.15 bits per heavy atom. The average molecular weight is 350 g/mol. The second-order valence-corrected chi connectivity index (χ2v) is 5.82. The zero-order valence-electron chi connectivity index (χ0n) is 14.3. The molecular formula is C19H22N6O. The number of anilines is 1. The van der Waals surface area contributed by atoms with Crippen LogP contribution in [-0.2, 0) is 0 Å². The average Bonchev–Trinajstić information content (AvgIpc) is 3.02. The van der Waals surface area contributed by atoms with E-state index in [0.717, 1.165) is 12.0 Å². The minimum atomic E-state index is -0.0849. The largest absolute Gasteiger partial charge is 0.469 e. The zero-order chi connectivity index (χ0) is 17.9. The maximum absolute atomic E-state index is 6.10. The van der Waals surface area contributed by atoms with E-state index in [1.54, 1.807) is 29.0 Å². The van der Waals surface area contributed by atoms with Crippen LogP contribution in [0.2, 0.25) is 0 Å². The van der Waals surface area contributed by atoms with E-state index in [1.807, 2.05) is 30.3 Å². The predicted molar refractivity (Wildman–Crippen MR) is 103 cm³/mol. The van der Waals surface area contributed by atoms with Crippen LogP contribution in [0, 0.1) is 0 Å². The molecule has 0 amide bonds. The minimum Gasteiger partial charge on any atom is -0.469 e. The summed E-state index contributed by atoms with van der Waals surface area (Å²) in [5, 5.41) is 4.27. The SMILES string of the molecule is CCC(Oc1cc(-c2c(N)nn3cccnc23)ncn1)c1ccccc1.[HH].[HH]. The van der Waals surface area contributed by atoms with Gasteiger partial charge in [0, 0.05) is 21.3 Å². The molecule has 0 saturated heterocycles. The summed E-state index contributed by atoms with van der Waals surface area (Å²) >= 11 is 0. The molecule has 134 valence electrons. The Hall–Kier alpha value is -3.48. The van der Waals surface area contributed by atoms with Gasteiger partial charge < -0.3 is 10.5 Å². The van der Waals surface area contributed by atoms with Gasteiger partial charge in [-0.25, -0.2) is 19.5 Å². The Labute approximate surface area is 153 Å². The molecule has 1 unspecified atom stereocenters. The summed E-state index contributed by atoms with van der Waals surface area (Å²) in [5.74, 6) is 0.851. The highest BCUT2D eigenvalue weighted by molar-refractivity contribution is 5.84. The molecule has 0 radical (unpaired) electrons. The van der Waals surface area contributed by atoms with Crippen LogP contribution in [0.25, 0.3) is 16.9 Å². The molecule has 3 heterocycles. The zero-order valence-corrected chi connectivity index (χ0v) is 14.3.